The molecule has 2 aromatic rings. The first kappa shape index (κ1) is 23.2. The van der Waals surface area contributed by atoms with E-state index < -0.39 is 52.5 Å². The summed E-state index contributed by atoms with van der Waals surface area (Å²) in [6.45, 7) is 2.08. The number of carbonyl (C=O) groups excluding carboxylic acids is 1. The van der Waals surface area contributed by atoms with Crippen molar-refractivity contribution in [2.45, 2.75) is 32.2 Å². The molecule has 0 aliphatic rings. The van der Waals surface area contributed by atoms with Gasteiger partial charge >= 0.3 is 18.3 Å². The lowest BCUT2D eigenvalue weighted by atomic mass is 9.90. The summed E-state index contributed by atoms with van der Waals surface area (Å²) in [6.07, 6.45) is -8.53. The molecule has 0 aliphatic carbocycles. The third-order valence-electron chi connectivity index (χ3n) is 4.37. The number of rotatable bonds is 5. The minimum Gasteiger partial charge on any atom is -0.480 e. The van der Waals surface area contributed by atoms with E-state index in [1.165, 1.54) is 0 Å². The first-order valence-electron chi connectivity index (χ1n) is 8.39. The van der Waals surface area contributed by atoms with Crippen LogP contribution in [0.25, 0.3) is 0 Å². The van der Waals surface area contributed by atoms with E-state index in [1.807, 2.05) is 0 Å². The average molecular weight is 434 g/mol. The summed E-state index contributed by atoms with van der Waals surface area (Å²) in [5, 5.41) is 11.4. The number of hydrogen-bond acceptors (Lipinski definition) is 3. The predicted octanol–water partition coefficient (Wildman–Crippen LogP) is 4.44. The van der Waals surface area contributed by atoms with Crippen molar-refractivity contribution in [1.29, 1.82) is 0 Å². The van der Waals surface area contributed by atoms with Gasteiger partial charge in [0.15, 0.2) is 0 Å². The van der Waals surface area contributed by atoms with E-state index in [4.69, 9.17) is 0 Å². The monoisotopic (exact) mass is 434 g/mol. The number of carbonyl (C=O) groups is 2. The Morgan fingerprint density at radius 3 is 2.00 bits per heavy atom. The highest BCUT2D eigenvalue weighted by atomic mass is 19.4. The minimum atomic E-state index is -4.87. The van der Waals surface area contributed by atoms with Gasteiger partial charge in [-0.25, -0.2) is 0 Å². The Kier molecular flexibility index (Phi) is 6.15. The number of carboxylic acid groups (broad SMARTS) is 1. The molecule has 1 heterocycles. The van der Waals surface area contributed by atoms with Crippen molar-refractivity contribution in [2.75, 3.05) is 0 Å². The fraction of sp³-hybridized carbons (Fsp3) is 0.316. The molecule has 0 bridgehead atoms. The number of aromatic nitrogens is 1. The topological polar surface area (TPSA) is 79.3 Å². The van der Waals surface area contributed by atoms with Gasteiger partial charge in [-0.3, -0.25) is 14.6 Å². The molecule has 2 N–H and O–H groups in total. The molecule has 30 heavy (non-hydrogen) atoms. The summed E-state index contributed by atoms with van der Waals surface area (Å²) >= 11 is 0. The summed E-state index contributed by atoms with van der Waals surface area (Å²) in [5.74, 6) is -2.68. The van der Waals surface area contributed by atoms with Crippen molar-refractivity contribution in [1.82, 2.24) is 10.3 Å². The molecule has 1 atom stereocenters. The van der Waals surface area contributed by atoms with Crippen LogP contribution < -0.4 is 5.32 Å². The Bertz CT molecular complexity index is 937. The van der Waals surface area contributed by atoms with Crippen molar-refractivity contribution in [3.05, 3.63) is 65.0 Å². The first-order chi connectivity index (χ1) is 13.7. The SMILES string of the molecule is CC(C)(C(=O)O)C(=O)NC(c1ccc(C(F)(F)F)cc1)c1ncccc1C(F)(F)F. The maximum Gasteiger partial charge on any atom is 0.418 e. The molecule has 2 rings (SSSR count). The molecule has 0 radical (unpaired) electrons. The van der Waals surface area contributed by atoms with Gasteiger partial charge in [0.25, 0.3) is 0 Å². The van der Waals surface area contributed by atoms with E-state index in [9.17, 15) is 41.0 Å². The zero-order chi connectivity index (χ0) is 22.9. The Morgan fingerprint density at radius 1 is 0.967 bits per heavy atom. The molecule has 162 valence electrons. The third-order valence-corrected chi connectivity index (χ3v) is 4.37. The molecule has 0 fully saturated rings. The second-order valence-electron chi connectivity index (χ2n) is 6.89. The van der Waals surface area contributed by atoms with Gasteiger partial charge < -0.3 is 10.4 Å². The highest BCUT2D eigenvalue weighted by Gasteiger charge is 2.41. The number of amides is 1. The van der Waals surface area contributed by atoms with Crippen LogP contribution in [-0.2, 0) is 21.9 Å². The standard InChI is InChI=1S/C19H16F6N2O3/c1-17(2,16(29)30)15(28)27-13(10-5-7-11(8-6-10)18(20,21)22)14-12(19(23,24)25)4-3-9-26-14/h3-9,13H,1-2H3,(H,27,28)(H,29,30). The number of aliphatic carboxylic acids is 1. The number of pyridine rings is 1. The number of nitrogens with zero attached hydrogens (tertiary/aromatic N) is 1. The highest BCUT2D eigenvalue weighted by molar-refractivity contribution is 6.01. The normalized spacial score (nSPS) is 13.6. The maximum atomic E-state index is 13.4. The lowest BCUT2D eigenvalue weighted by molar-refractivity contribution is -0.154. The first-order valence-corrected chi connectivity index (χ1v) is 8.39. The van der Waals surface area contributed by atoms with Crippen LogP contribution in [0.3, 0.4) is 0 Å². The quantitative estimate of drug-likeness (QED) is 0.539. The molecular formula is C19H16F6N2O3. The van der Waals surface area contributed by atoms with Crippen LogP contribution in [-0.4, -0.2) is 22.0 Å². The van der Waals surface area contributed by atoms with Crippen molar-refractivity contribution in [3.63, 3.8) is 0 Å². The Balaban J connectivity index is 2.60. The molecule has 1 unspecified atom stereocenters. The molecule has 5 nitrogen and oxygen atoms in total. The van der Waals surface area contributed by atoms with Crippen LogP contribution >= 0.6 is 0 Å². The number of carboxylic acids is 1. The van der Waals surface area contributed by atoms with Gasteiger partial charge in [-0.2, -0.15) is 26.3 Å². The van der Waals surface area contributed by atoms with Crippen molar-refractivity contribution in [2.24, 2.45) is 5.41 Å². The fourth-order valence-electron chi connectivity index (χ4n) is 2.47. The van der Waals surface area contributed by atoms with Crippen LogP contribution in [0.2, 0.25) is 0 Å². The maximum absolute atomic E-state index is 13.4. The molecule has 1 aromatic carbocycles. The summed E-state index contributed by atoms with van der Waals surface area (Å²) in [4.78, 5) is 27.5. The van der Waals surface area contributed by atoms with E-state index >= 15 is 0 Å². The van der Waals surface area contributed by atoms with E-state index in [2.05, 4.69) is 10.3 Å². The summed E-state index contributed by atoms with van der Waals surface area (Å²) < 4.78 is 78.8. The van der Waals surface area contributed by atoms with Gasteiger partial charge in [0, 0.05) is 6.20 Å². The lowest BCUT2D eigenvalue weighted by Gasteiger charge is -2.26. The molecule has 0 aliphatic heterocycles. The van der Waals surface area contributed by atoms with E-state index in [1.54, 1.807) is 0 Å². The number of halogens is 6. The summed E-state index contributed by atoms with van der Waals surface area (Å²) in [7, 11) is 0. The molecule has 0 saturated heterocycles. The van der Waals surface area contributed by atoms with Gasteiger partial charge in [-0.05, 0) is 43.7 Å². The van der Waals surface area contributed by atoms with E-state index in [0.29, 0.717) is 18.2 Å². The molecule has 0 spiro atoms. The Labute approximate surface area is 166 Å². The zero-order valence-corrected chi connectivity index (χ0v) is 15.6. The fourth-order valence-corrected chi connectivity index (χ4v) is 2.47. The number of hydrogen-bond donors (Lipinski definition) is 2. The zero-order valence-electron chi connectivity index (χ0n) is 15.6. The van der Waals surface area contributed by atoms with Gasteiger partial charge in [0.2, 0.25) is 5.91 Å². The lowest BCUT2D eigenvalue weighted by Crippen LogP contribution is -2.44. The number of nitrogens with one attached hydrogen (secondary N) is 1. The Morgan fingerprint density at radius 2 is 1.53 bits per heavy atom. The highest BCUT2D eigenvalue weighted by Crippen LogP contribution is 2.37. The van der Waals surface area contributed by atoms with Gasteiger partial charge in [0.1, 0.15) is 5.41 Å². The van der Waals surface area contributed by atoms with E-state index in [0.717, 1.165) is 38.2 Å². The number of alkyl halides is 6. The second kappa shape index (κ2) is 7.96. The van der Waals surface area contributed by atoms with Crippen molar-refractivity contribution in [3.8, 4) is 0 Å². The van der Waals surface area contributed by atoms with Gasteiger partial charge in [-0.1, -0.05) is 12.1 Å². The second-order valence-corrected chi connectivity index (χ2v) is 6.89. The van der Waals surface area contributed by atoms with Crippen molar-refractivity contribution >= 4 is 11.9 Å². The average Bonchev–Trinajstić information content (AvgIpc) is 2.64. The smallest absolute Gasteiger partial charge is 0.418 e. The van der Waals surface area contributed by atoms with Crippen LogP contribution in [0, 0.1) is 5.41 Å². The minimum absolute atomic E-state index is 0.137. The van der Waals surface area contributed by atoms with Crippen LogP contribution in [0.5, 0.6) is 0 Å². The molecule has 1 aromatic heterocycles. The molecule has 11 heteroatoms. The Hall–Kier alpha value is -3.11. The third kappa shape index (κ3) is 4.89. The predicted molar refractivity (Wildman–Crippen MR) is 92.1 cm³/mol. The van der Waals surface area contributed by atoms with Gasteiger partial charge in [-0.15, -0.1) is 0 Å². The number of benzene rings is 1. The van der Waals surface area contributed by atoms with Gasteiger partial charge in [0.05, 0.1) is 22.9 Å². The summed E-state index contributed by atoms with van der Waals surface area (Å²) in [6, 6.07) is 3.16. The summed E-state index contributed by atoms with van der Waals surface area (Å²) in [5.41, 5.74) is -5.10. The largest absolute Gasteiger partial charge is 0.480 e. The van der Waals surface area contributed by atoms with Crippen molar-refractivity contribution < 1.29 is 41.0 Å². The van der Waals surface area contributed by atoms with Crippen LogP contribution in [0.4, 0.5) is 26.3 Å². The molecule has 0 saturated carbocycles. The van der Waals surface area contributed by atoms with E-state index in [-0.39, 0.29) is 5.56 Å². The molecule has 1 amide bonds. The van der Waals surface area contributed by atoms with Crippen LogP contribution in [0.15, 0.2) is 42.6 Å². The molecular weight excluding hydrogens is 418 g/mol. The van der Waals surface area contributed by atoms with Crippen LogP contribution in [0.1, 0.15) is 42.3 Å².